The molecule has 1 aliphatic heterocycles. The minimum Gasteiger partial charge on any atom is -0.492 e. The highest BCUT2D eigenvalue weighted by molar-refractivity contribution is 7.22. The van der Waals surface area contributed by atoms with Gasteiger partial charge in [0.1, 0.15) is 12.4 Å². The van der Waals surface area contributed by atoms with Gasteiger partial charge in [0.25, 0.3) is 0 Å². The number of hydrogen-bond donors (Lipinski definition) is 1. The number of rotatable bonds is 9. The molecule has 1 aromatic heterocycles. The van der Waals surface area contributed by atoms with Gasteiger partial charge in [0.15, 0.2) is 0 Å². The molecule has 1 saturated heterocycles. The molecule has 0 bridgehead atoms. The van der Waals surface area contributed by atoms with Crippen LogP contribution in [0, 0.1) is 5.92 Å². The van der Waals surface area contributed by atoms with Gasteiger partial charge in [-0.3, -0.25) is 9.69 Å². The van der Waals surface area contributed by atoms with E-state index in [2.05, 4.69) is 70.9 Å². The van der Waals surface area contributed by atoms with Crippen molar-refractivity contribution >= 4 is 33.0 Å². The number of hydrogen-bond acceptors (Lipinski definition) is 4. The highest BCUT2D eigenvalue weighted by Gasteiger charge is 2.15. The van der Waals surface area contributed by atoms with Crippen molar-refractivity contribution in [2.75, 3.05) is 31.6 Å². The molecule has 1 N–H and O–H groups in total. The molecule has 0 saturated carbocycles. The zero-order valence-corrected chi connectivity index (χ0v) is 21.9. The van der Waals surface area contributed by atoms with E-state index >= 15 is 0 Å². The minimum atomic E-state index is -0.0410. The van der Waals surface area contributed by atoms with Crippen molar-refractivity contribution in [3.63, 3.8) is 0 Å². The molecule has 1 aliphatic rings. The van der Waals surface area contributed by atoms with Crippen molar-refractivity contribution in [3.05, 3.63) is 83.9 Å². The van der Waals surface area contributed by atoms with Gasteiger partial charge in [-0.25, -0.2) is 0 Å². The van der Waals surface area contributed by atoms with E-state index in [1.807, 2.05) is 37.3 Å². The first-order valence-electron chi connectivity index (χ1n) is 12.9. The third-order valence-corrected chi connectivity index (χ3v) is 8.08. The molecule has 4 nitrogen and oxygen atoms in total. The molecule has 36 heavy (non-hydrogen) atoms. The molecule has 0 spiro atoms. The second kappa shape index (κ2) is 11.3. The van der Waals surface area contributed by atoms with Crippen LogP contribution in [0.25, 0.3) is 20.5 Å². The number of benzene rings is 3. The SMILES string of the molecule is CC(C)C(=O)Nc1ccc(-c2sc3ccccc3c2Cc2ccc(OCCN3CCCC3)cc2)cc1. The van der Waals surface area contributed by atoms with E-state index in [0.717, 1.165) is 31.0 Å². The van der Waals surface area contributed by atoms with Crippen LogP contribution in [0.1, 0.15) is 37.8 Å². The number of nitrogens with one attached hydrogen (secondary N) is 1. The van der Waals surface area contributed by atoms with E-state index in [-0.39, 0.29) is 11.8 Å². The van der Waals surface area contributed by atoms with E-state index in [0.29, 0.717) is 0 Å². The van der Waals surface area contributed by atoms with Crippen molar-refractivity contribution in [3.8, 4) is 16.2 Å². The number of amides is 1. The van der Waals surface area contributed by atoms with E-state index in [9.17, 15) is 4.79 Å². The summed E-state index contributed by atoms with van der Waals surface area (Å²) in [6, 6.07) is 25.4. The number of ether oxygens (including phenoxy) is 1. The van der Waals surface area contributed by atoms with Crippen molar-refractivity contribution in [1.82, 2.24) is 4.90 Å². The lowest BCUT2D eigenvalue weighted by Crippen LogP contribution is -2.25. The van der Waals surface area contributed by atoms with Crippen LogP contribution in [-0.4, -0.2) is 37.0 Å². The average molecular weight is 499 g/mol. The molecule has 1 amide bonds. The molecule has 0 aliphatic carbocycles. The standard InChI is InChI=1S/C31H34N2O2S/c1-22(2)31(34)32-25-13-11-24(12-14-25)30-28(27-7-3-4-8-29(27)36-30)21-23-9-15-26(16-10-23)35-20-19-33-17-5-6-18-33/h3-4,7-16,22H,5-6,17-21H2,1-2H3,(H,32,34). The molecule has 2 heterocycles. The molecule has 5 rings (SSSR count). The minimum absolute atomic E-state index is 0.0359. The van der Waals surface area contributed by atoms with E-state index in [1.54, 1.807) is 0 Å². The summed E-state index contributed by atoms with van der Waals surface area (Å²) in [5.74, 6) is 0.932. The molecular formula is C31H34N2O2S. The molecule has 0 atom stereocenters. The first kappa shape index (κ1) is 24.5. The van der Waals surface area contributed by atoms with Gasteiger partial charge >= 0.3 is 0 Å². The first-order valence-corrected chi connectivity index (χ1v) is 13.7. The van der Waals surface area contributed by atoms with Crippen molar-refractivity contribution in [2.45, 2.75) is 33.1 Å². The Balaban J connectivity index is 1.33. The van der Waals surface area contributed by atoms with E-state index < -0.39 is 0 Å². The van der Waals surface area contributed by atoms with Crippen LogP contribution in [0.3, 0.4) is 0 Å². The van der Waals surface area contributed by atoms with Gasteiger partial charge < -0.3 is 10.1 Å². The maximum Gasteiger partial charge on any atom is 0.226 e. The third-order valence-electron chi connectivity index (χ3n) is 6.82. The number of fused-ring (bicyclic) bond motifs is 1. The van der Waals surface area contributed by atoms with Gasteiger partial charge in [0.2, 0.25) is 5.91 Å². The predicted octanol–water partition coefficient (Wildman–Crippen LogP) is 7.23. The quantitative estimate of drug-likeness (QED) is 0.265. The Bertz CT molecular complexity index is 1300. The van der Waals surface area contributed by atoms with Gasteiger partial charge in [-0.15, -0.1) is 11.3 Å². The summed E-state index contributed by atoms with van der Waals surface area (Å²) in [5, 5.41) is 4.29. The van der Waals surface area contributed by atoms with Crippen LogP contribution in [0.5, 0.6) is 5.75 Å². The Morgan fingerprint density at radius 1 is 0.972 bits per heavy atom. The maximum atomic E-state index is 12.1. The highest BCUT2D eigenvalue weighted by Crippen LogP contribution is 2.40. The molecule has 4 aromatic rings. The van der Waals surface area contributed by atoms with Gasteiger partial charge in [0.05, 0.1) is 0 Å². The van der Waals surface area contributed by atoms with Crippen LogP contribution in [0.15, 0.2) is 72.8 Å². The fraction of sp³-hybridized carbons (Fsp3) is 0.323. The number of likely N-dealkylation sites (tertiary alicyclic amines) is 1. The van der Waals surface area contributed by atoms with Crippen LogP contribution >= 0.6 is 11.3 Å². The fourth-order valence-corrected chi connectivity index (χ4v) is 5.93. The Morgan fingerprint density at radius 3 is 2.42 bits per heavy atom. The molecule has 5 heteroatoms. The lowest BCUT2D eigenvalue weighted by Gasteiger charge is -2.15. The average Bonchev–Trinajstić information content (AvgIpc) is 3.54. The Labute approximate surface area is 217 Å². The van der Waals surface area contributed by atoms with Gasteiger partial charge in [-0.05, 0) is 84.8 Å². The molecule has 1 fully saturated rings. The second-order valence-electron chi connectivity index (χ2n) is 9.85. The molecule has 0 radical (unpaired) electrons. The normalized spacial score (nSPS) is 14.0. The Kier molecular flexibility index (Phi) is 7.69. The topological polar surface area (TPSA) is 41.6 Å². The summed E-state index contributed by atoms with van der Waals surface area (Å²) in [6.45, 7) is 7.96. The second-order valence-corrected chi connectivity index (χ2v) is 10.9. The largest absolute Gasteiger partial charge is 0.492 e. The smallest absolute Gasteiger partial charge is 0.226 e. The van der Waals surface area contributed by atoms with Crippen molar-refractivity contribution in [1.29, 1.82) is 0 Å². The third kappa shape index (κ3) is 5.80. The highest BCUT2D eigenvalue weighted by atomic mass is 32.1. The Hall–Kier alpha value is -3.15. The summed E-state index contributed by atoms with van der Waals surface area (Å²) in [4.78, 5) is 15.8. The van der Waals surface area contributed by atoms with E-state index in [1.165, 1.54) is 57.6 Å². The number of carbonyl (C=O) groups is 1. The monoisotopic (exact) mass is 498 g/mol. The summed E-state index contributed by atoms with van der Waals surface area (Å²) in [6.07, 6.45) is 3.48. The Morgan fingerprint density at radius 2 is 1.69 bits per heavy atom. The van der Waals surface area contributed by atoms with Gasteiger partial charge in [-0.2, -0.15) is 0 Å². The number of carbonyl (C=O) groups excluding carboxylic acids is 1. The number of nitrogens with zero attached hydrogens (tertiary/aromatic N) is 1. The van der Waals surface area contributed by atoms with Crippen LogP contribution in [0.2, 0.25) is 0 Å². The lowest BCUT2D eigenvalue weighted by atomic mass is 9.99. The van der Waals surface area contributed by atoms with Gasteiger partial charge in [-0.1, -0.05) is 56.3 Å². The van der Waals surface area contributed by atoms with Crippen LogP contribution in [-0.2, 0) is 11.2 Å². The molecule has 3 aromatic carbocycles. The summed E-state index contributed by atoms with van der Waals surface area (Å²) < 4.78 is 7.30. The molecule has 186 valence electrons. The lowest BCUT2D eigenvalue weighted by molar-refractivity contribution is -0.118. The molecule has 0 unspecified atom stereocenters. The summed E-state index contributed by atoms with van der Waals surface area (Å²) in [5.41, 5.74) is 4.63. The van der Waals surface area contributed by atoms with Gasteiger partial charge in [0, 0.05) is 27.7 Å². The first-order chi connectivity index (χ1) is 17.6. The summed E-state index contributed by atoms with van der Waals surface area (Å²) in [7, 11) is 0. The van der Waals surface area contributed by atoms with Crippen LogP contribution < -0.4 is 10.1 Å². The number of thiophene rings is 1. The van der Waals surface area contributed by atoms with E-state index in [4.69, 9.17) is 4.74 Å². The number of anilines is 1. The summed E-state index contributed by atoms with van der Waals surface area (Å²) >= 11 is 1.83. The zero-order valence-electron chi connectivity index (χ0n) is 21.1. The van der Waals surface area contributed by atoms with Crippen molar-refractivity contribution in [2.24, 2.45) is 5.92 Å². The van der Waals surface area contributed by atoms with Crippen LogP contribution in [0.4, 0.5) is 5.69 Å². The van der Waals surface area contributed by atoms with Crippen molar-refractivity contribution < 1.29 is 9.53 Å². The zero-order chi connectivity index (χ0) is 24.9. The molecular weight excluding hydrogens is 464 g/mol. The fourth-order valence-electron chi connectivity index (χ4n) is 4.71. The predicted molar refractivity (Wildman–Crippen MR) is 151 cm³/mol. The maximum absolute atomic E-state index is 12.1.